The fourth-order valence-corrected chi connectivity index (χ4v) is 1.26. The number of primary amides is 1. The van der Waals surface area contributed by atoms with E-state index in [1.54, 1.807) is 0 Å². The maximum atomic E-state index is 11.4. The molecule has 4 nitrogen and oxygen atoms in total. The zero-order chi connectivity index (χ0) is 12.1. The average Bonchev–Trinajstić information content (AvgIpc) is 1.98. The van der Waals surface area contributed by atoms with Gasteiger partial charge in [-0.05, 0) is 26.7 Å². The van der Waals surface area contributed by atoms with Crippen molar-refractivity contribution < 1.29 is 14.3 Å². The maximum Gasteiger partial charge on any atom is 0.306 e. The van der Waals surface area contributed by atoms with E-state index >= 15 is 0 Å². The third-order valence-corrected chi connectivity index (χ3v) is 1.94. The Labute approximate surface area is 91.2 Å². The van der Waals surface area contributed by atoms with E-state index in [1.807, 2.05) is 27.7 Å². The zero-order valence-electron chi connectivity index (χ0n) is 10.0. The summed E-state index contributed by atoms with van der Waals surface area (Å²) >= 11 is 0. The lowest BCUT2D eigenvalue weighted by Crippen LogP contribution is -2.26. The van der Waals surface area contributed by atoms with Crippen LogP contribution < -0.4 is 5.73 Å². The van der Waals surface area contributed by atoms with E-state index in [0.717, 1.165) is 6.42 Å². The Morgan fingerprint density at radius 3 is 2.13 bits per heavy atom. The van der Waals surface area contributed by atoms with Crippen molar-refractivity contribution >= 4 is 11.9 Å². The van der Waals surface area contributed by atoms with Gasteiger partial charge in [0.25, 0.3) is 0 Å². The summed E-state index contributed by atoms with van der Waals surface area (Å²) in [5.74, 6) is -0.640. The van der Waals surface area contributed by atoms with Crippen molar-refractivity contribution in [3.8, 4) is 0 Å². The van der Waals surface area contributed by atoms with Crippen LogP contribution in [0.1, 0.15) is 47.0 Å². The number of hydrogen-bond donors (Lipinski definition) is 1. The Morgan fingerprint density at radius 1 is 1.27 bits per heavy atom. The highest BCUT2D eigenvalue weighted by Crippen LogP contribution is 2.16. The summed E-state index contributed by atoms with van der Waals surface area (Å²) < 4.78 is 5.16. The van der Waals surface area contributed by atoms with Gasteiger partial charge in [-0.3, -0.25) is 9.59 Å². The topological polar surface area (TPSA) is 69.4 Å². The van der Waals surface area contributed by atoms with Gasteiger partial charge in [0, 0.05) is 12.8 Å². The fourth-order valence-electron chi connectivity index (χ4n) is 1.26. The molecule has 0 saturated heterocycles. The van der Waals surface area contributed by atoms with Gasteiger partial charge >= 0.3 is 5.97 Å². The Balaban J connectivity index is 4.07. The monoisotopic (exact) mass is 215 g/mol. The minimum atomic E-state index is -0.470. The highest BCUT2D eigenvalue weighted by atomic mass is 16.6. The molecule has 1 atom stereocenters. The molecule has 88 valence electrons. The number of amides is 1. The number of carbonyl (C=O) groups is 2. The Morgan fingerprint density at radius 2 is 1.80 bits per heavy atom. The lowest BCUT2D eigenvalue weighted by Gasteiger charge is -2.21. The molecule has 0 aliphatic heterocycles. The number of carbonyl (C=O) groups excluding carboxylic acids is 2. The largest absolute Gasteiger partial charge is 0.460 e. The molecule has 2 N–H and O–H groups in total. The van der Waals surface area contributed by atoms with E-state index in [9.17, 15) is 9.59 Å². The summed E-state index contributed by atoms with van der Waals surface area (Å²) in [6, 6.07) is 0. The first-order chi connectivity index (χ1) is 6.74. The van der Waals surface area contributed by atoms with E-state index in [2.05, 4.69) is 0 Å². The van der Waals surface area contributed by atoms with Crippen LogP contribution in [0.5, 0.6) is 0 Å². The fraction of sp³-hybridized carbons (Fsp3) is 0.818. The third-order valence-electron chi connectivity index (χ3n) is 1.94. The molecule has 0 aromatic carbocycles. The second-order valence-electron chi connectivity index (χ2n) is 4.74. The molecule has 0 aliphatic carbocycles. The lowest BCUT2D eigenvalue weighted by atomic mass is 9.98. The maximum absolute atomic E-state index is 11.4. The molecule has 0 radical (unpaired) electrons. The van der Waals surface area contributed by atoms with Crippen molar-refractivity contribution in [3.63, 3.8) is 0 Å². The summed E-state index contributed by atoms with van der Waals surface area (Å²) in [5.41, 5.74) is 4.61. The first-order valence-corrected chi connectivity index (χ1v) is 5.24. The van der Waals surface area contributed by atoms with Gasteiger partial charge in [0.2, 0.25) is 5.91 Å². The smallest absolute Gasteiger partial charge is 0.306 e. The molecule has 0 aromatic rings. The van der Waals surface area contributed by atoms with Crippen molar-refractivity contribution in [1.29, 1.82) is 0 Å². The Bertz CT molecular complexity index is 230. The van der Waals surface area contributed by atoms with Gasteiger partial charge in [-0.1, -0.05) is 13.3 Å². The number of nitrogens with two attached hydrogens (primary N) is 1. The highest BCUT2D eigenvalue weighted by Gasteiger charge is 2.20. The van der Waals surface area contributed by atoms with Crippen LogP contribution in [0.25, 0.3) is 0 Å². The first kappa shape index (κ1) is 13.9. The van der Waals surface area contributed by atoms with Crippen LogP contribution in [0.4, 0.5) is 0 Å². The van der Waals surface area contributed by atoms with Crippen LogP contribution in [-0.2, 0) is 14.3 Å². The molecule has 0 aliphatic rings. The van der Waals surface area contributed by atoms with Crippen LogP contribution in [0.15, 0.2) is 0 Å². The quantitative estimate of drug-likeness (QED) is 0.708. The standard InChI is InChI=1S/C11H21NO3/c1-5-8(6-9(12)13)7-10(14)15-11(2,3)4/h8H,5-7H2,1-4H3,(H2,12,13)/t8-/m1/s1. The van der Waals surface area contributed by atoms with Crippen LogP contribution in [0.2, 0.25) is 0 Å². The second kappa shape index (κ2) is 5.73. The van der Waals surface area contributed by atoms with Crippen molar-refractivity contribution in [3.05, 3.63) is 0 Å². The second-order valence-corrected chi connectivity index (χ2v) is 4.74. The molecule has 4 heteroatoms. The first-order valence-electron chi connectivity index (χ1n) is 5.24. The van der Waals surface area contributed by atoms with E-state index < -0.39 is 5.60 Å². The zero-order valence-corrected chi connectivity index (χ0v) is 10.0. The minimum absolute atomic E-state index is 0.00245. The Hall–Kier alpha value is -1.06. The molecule has 0 spiro atoms. The van der Waals surface area contributed by atoms with Gasteiger partial charge in [-0.25, -0.2) is 0 Å². The summed E-state index contributed by atoms with van der Waals surface area (Å²) in [6.45, 7) is 7.39. The molecular formula is C11H21NO3. The predicted octanol–water partition coefficient (Wildman–Crippen LogP) is 1.62. The highest BCUT2D eigenvalue weighted by molar-refractivity contribution is 5.76. The molecule has 0 heterocycles. The van der Waals surface area contributed by atoms with Crippen molar-refractivity contribution in [2.75, 3.05) is 0 Å². The average molecular weight is 215 g/mol. The van der Waals surface area contributed by atoms with E-state index in [-0.39, 0.29) is 30.6 Å². The molecule has 0 rings (SSSR count). The van der Waals surface area contributed by atoms with Crippen molar-refractivity contribution in [2.24, 2.45) is 11.7 Å². The predicted molar refractivity (Wildman–Crippen MR) is 58.1 cm³/mol. The molecule has 15 heavy (non-hydrogen) atoms. The van der Waals surface area contributed by atoms with Crippen LogP contribution >= 0.6 is 0 Å². The summed E-state index contributed by atoms with van der Waals surface area (Å²) in [4.78, 5) is 22.1. The Kier molecular flexibility index (Phi) is 5.33. The molecule has 0 saturated carbocycles. The van der Waals surface area contributed by atoms with E-state index in [1.165, 1.54) is 0 Å². The molecule has 0 unspecified atom stereocenters. The number of hydrogen-bond acceptors (Lipinski definition) is 3. The van der Waals surface area contributed by atoms with Gasteiger partial charge in [-0.15, -0.1) is 0 Å². The van der Waals surface area contributed by atoms with Gasteiger partial charge in [0.05, 0.1) is 0 Å². The summed E-state index contributed by atoms with van der Waals surface area (Å²) in [7, 11) is 0. The van der Waals surface area contributed by atoms with Crippen LogP contribution in [-0.4, -0.2) is 17.5 Å². The van der Waals surface area contributed by atoms with E-state index in [4.69, 9.17) is 10.5 Å². The number of esters is 1. The minimum Gasteiger partial charge on any atom is -0.460 e. The van der Waals surface area contributed by atoms with E-state index in [0.29, 0.717) is 0 Å². The van der Waals surface area contributed by atoms with Gasteiger partial charge in [0.1, 0.15) is 5.60 Å². The SMILES string of the molecule is CC[C@H](CC(N)=O)CC(=O)OC(C)(C)C. The molecular weight excluding hydrogens is 194 g/mol. The van der Waals surface area contributed by atoms with Crippen LogP contribution in [0.3, 0.4) is 0 Å². The number of rotatable bonds is 5. The molecule has 0 bridgehead atoms. The van der Waals surface area contributed by atoms with Crippen LogP contribution in [0, 0.1) is 5.92 Å². The normalized spacial score (nSPS) is 13.3. The van der Waals surface area contributed by atoms with Gasteiger partial charge in [0.15, 0.2) is 0 Å². The van der Waals surface area contributed by atoms with Crippen molar-refractivity contribution in [1.82, 2.24) is 0 Å². The summed E-state index contributed by atoms with van der Waals surface area (Å²) in [6.07, 6.45) is 1.26. The molecule has 0 aromatic heterocycles. The lowest BCUT2D eigenvalue weighted by molar-refractivity contribution is -0.156. The third kappa shape index (κ3) is 7.97. The molecule has 1 amide bonds. The number of ether oxygens (including phenoxy) is 1. The van der Waals surface area contributed by atoms with Gasteiger partial charge < -0.3 is 10.5 Å². The van der Waals surface area contributed by atoms with Gasteiger partial charge in [-0.2, -0.15) is 0 Å². The molecule has 0 fully saturated rings. The summed E-state index contributed by atoms with van der Waals surface area (Å²) in [5, 5.41) is 0. The van der Waals surface area contributed by atoms with Crippen molar-refractivity contribution in [2.45, 2.75) is 52.6 Å².